The number of aliphatic hydroxyl groups is 1. The second-order valence-corrected chi connectivity index (χ2v) is 5.58. The van der Waals surface area contributed by atoms with Crippen molar-refractivity contribution in [3.8, 4) is 11.6 Å². The third-order valence-corrected chi connectivity index (χ3v) is 3.88. The molecule has 2 heterocycles. The highest BCUT2D eigenvalue weighted by molar-refractivity contribution is 5.76. The molecule has 2 atom stereocenters. The van der Waals surface area contributed by atoms with Crippen LogP contribution < -0.4 is 5.32 Å². The fourth-order valence-electron chi connectivity index (χ4n) is 2.19. The van der Waals surface area contributed by atoms with Crippen LogP contribution in [0.2, 0.25) is 0 Å². The first kappa shape index (κ1) is 17.2. The molecule has 7 heteroatoms. The van der Waals surface area contributed by atoms with Crippen LogP contribution in [-0.2, 0) is 11.2 Å². The van der Waals surface area contributed by atoms with Crippen molar-refractivity contribution < 1.29 is 18.8 Å². The Morgan fingerprint density at radius 1 is 1.48 bits per heavy atom. The second-order valence-electron chi connectivity index (χ2n) is 5.58. The summed E-state index contributed by atoms with van der Waals surface area (Å²) in [4.78, 5) is 16.1. The standard InChI is InChI=1S/C16H23N3O4/c1-3-11(2)12(10-20)17-14(21)7-4-8-15-18-16(19-23-15)13-6-5-9-22-13/h5-6,9,11-12,20H,3-4,7-8,10H2,1-2H3,(H,17,21)/t11-,12+/m0/s1. The fourth-order valence-corrected chi connectivity index (χ4v) is 2.19. The van der Waals surface area contributed by atoms with Gasteiger partial charge in [-0.3, -0.25) is 4.79 Å². The summed E-state index contributed by atoms with van der Waals surface area (Å²) in [5, 5.41) is 16.0. The van der Waals surface area contributed by atoms with Gasteiger partial charge in [0.15, 0.2) is 5.76 Å². The van der Waals surface area contributed by atoms with Crippen LogP contribution >= 0.6 is 0 Å². The number of nitrogens with zero attached hydrogens (tertiary/aromatic N) is 2. The Labute approximate surface area is 135 Å². The van der Waals surface area contributed by atoms with Gasteiger partial charge in [-0.2, -0.15) is 4.98 Å². The molecule has 0 aliphatic carbocycles. The summed E-state index contributed by atoms with van der Waals surface area (Å²) < 4.78 is 10.3. The number of rotatable bonds is 9. The highest BCUT2D eigenvalue weighted by Crippen LogP contribution is 2.16. The molecule has 0 aliphatic rings. The number of aliphatic hydroxyl groups excluding tert-OH is 1. The van der Waals surface area contributed by atoms with E-state index in [0.29, 0.717) is 36.7 Å². The monoisotopic (exact) mass is 321 g/mol. The molecule has 0 bridgehead atoms. The van der Waals surface area contributed by atoms with E-state index in [2.05, 4.69) is 15.5 Å². The molecule has 0 unspecified atom stereocenters. The van der Waals surface area contributed by atoms with Gasteiger partial charge in [-0.25, -0.2) is 0 Å². The van der Waals surface area contributed by atoms with Crippen LogP contribution in [0.15, 0.2) is 27.3 Å². The number of aryl methyl sites for hydroxylation is 1. The highest BCUT2D eigenvalue weighted by atomic mass is 16.5. The minimum Gasteiger partial charge on any atom is -0.461 e. The van der Waals surface area contributed by atoms with E-state index < -0.39 is 0 Å². The number of carbonyl (C=O) groups is 1. The van der Waals surface area contributed by atoms with Gasteiger partial charge in [0.1, 0.15) is 0 Å². The second kappa shape index (κ2) is 8.47. The summed E-state index contributed by atoms with van der Waals surface area (Å²) in [7, 11) is 0. The van der Waals surface area contributed by atoms with E-state index in [9.17, 15) is 9.90 Å². The molecule has 2 N–H and O–H groups in total. The van der Waals surface area contributed by atoms with Crippen LogP contribution in [0.5, 0.6) is 0 Å². The minimum atomic E-state index is -0.193. The van der Waals surface area contributed by atoms with E-state index in [1.807, 2.05) is 13.8 Å². The van der Waals surface area contributed by atoms with Gasteiger partial charge in [-0.15, -0.1) is 0 Å². The molecule has 0 aliphatic heterocycles. The number of hydrogen-bond acceptors (Lipinski definition) is 6. The van der Waals surface area contributed by atoms with Crippen molar-refractivity contribution in [2.45, 2.75) is 45.6 Å². The van der Waals surface area contributed by atoms with Crippen LogP contribution in [-0.4, -0.2) is 33.8 Å². The van der Waals surface area contributed by atoms with Gasteiger partial charge < -0.3 is 19.4 Å². The molecular weight excluding hydrogens is 298 g/mol. The molecule has 0 fully saturated rings. The molecule has 7 nitrogen and oxygen atoms in total. The van der Waals surface area contributed by atoms with Crippen molar-refractivity contribution in [1.82, 2.24) is 15.5 Å². The van der Waals surface area contributed by atoms with E-state index in [1.165, 1.54) is 0 Å². The van der Waals surface area contributed by atoms with Gasteiger partial charge >= 0.3 is 0 Å². The van der Waals surface area contributed by atoms with E-state index >= 15 is 0 Å². The van der Waals surface area contributed by atoms with Crippen LogP contribution in [0, 0.1) is 5.92 Å². The molecule has 23 heavy (non-hydrogen) atoms. The summed E-state index contributed by atoms with van der Waals surface area (Å²) in [5.41, 5.74) is 0. The fraction of sp³-hybridized carbons (Fsp3) is 0.562. The molecule has 2 aromatic rings. The lowest BCUT2D eigenvalue weighted by Crippen LogP contribution is -2.41. The smallest absolute Gasteiger partial charge is 0.238 e. The summed E-state index contributed by atoms with van der Waals surface area (Å²) in [5.74, 6) is 1.61. The van der Waals surface area contributed by atoms with Crippen LogP contribution in [0.1, 0.15) is 39.0 Å². The Morgan fingerprint density at radius 2 is 2.30 bits per heavy atom. The van der Waals surface area contributed by atoms with Crippen molar-refractivity contribution in [2.24, 2.45) is 5.92 Å². The predicted octanol–water partition coefficient (Wildman–Crippen LogP) is 2.18. The largest absolute Gasteiger partial charge is 0.461 e. The van der Waals surface area contributed by atoms with Crippen LogP contribution in [0.25, 0.3) is 11.6 Å². The van der Waals surface area contributed by atoms with Gasteiger partial charge in [0, 0.05) is 12.8 Å². The molecular formula is C16H23N3O4. The third kappa shape index (κ3) is 4.92. The number of furan rings is 1. The molecule has 2 aromatic heterocycles. The van der Waals surface area contributed by atoms with Crippen molar-refractivity contribution in [2.75, 3.05) is 6.61 Å². The zero-order chi connectivity index (χ0) is 16.7. The third-order valence-electron chi connectivity index (χ3n) is 3.88. The Balaban J connectivity index is 1.75. The molecule has 0 aromatic carbocycles. The van der Waals surface area contributed by atoms with Gasteiger partial charge in [-0.05, 0) is 24.5 Å². The first-order valence-electron chi connectivity index (χ1n) is 7.90. The number of carbonyl (C=O) groups excluding carboxylic acids is 1. The lowest BCUT2D eigenvalue weighted by molar-refractivity contribution is -0.122. The maximum absolute atomic E-state index is 11.9. The maximum atomic E-state index is 11.9. The quantitative estimate of drug-likeness (QED) is 0.734. The Morgan fingerprint density at radius 3 is 2.96 bits per heavy atom. The predicted molar refractivity (Wildman–Crippen MR) is 83.4 cm³/mol. The Bertz CT molecular complexity index is 594. The lowest BCUT2D eigenvalue weighted by Gasteiger charge is -2.22. The molecule has 0 radical (unpaired) electrons. The van der Waals surface area contributed by atoms with Crippen molar-refractivity contribution in [3.05, 3.63) is 24.3 Å². The SMILES string of the molecule is CC[C@H](C)[C@@H](CO)NC(=O)CCCc1nc(-c2ccco2)no1. The number of nitrogens with one attached hydrogen (secondary N) is 1. The van der Waals surface area contributed by atoms with Gasteiger partial charge in [0.25, 0.3) is 0 Å². The molecule has 1 amide bonds. The molecule has 0 spiro atoms. The van der Waals surface area contributed by atoms with E-state index in [1.54, 1.807) is 18.4 Å². The molecule has 2 rings (SSSR count). The highest BCUT2D eigenvalue weighted by Gasteiger charge is 2.17. The average Bonchev–Trinajstić information content (AvgIpc) is 3.22. The van der Waals surface area contributed by atoms with E-state index in [0.717, 1.165) is 6.42 Å². The summed E-state index contributed by atoms with van der Waals surface area (Å²) >= 11 is 0. The van der Waals surface area contributed by atoms with Gasteiger partial charge in [0.2, 0.25) is 17.6 Å². The van der Waals surface area contributed by atoms with Crippen LogP contribution in [0.4, 0.5) is 0 Å². The molecule has 0 saturated carbocycles. The summed E-state index contributed by atoms with van der Waals surface area (Å²) in [6, 6.07) is 3.32. The van der Waals surface area contributed by atoms with E-state index in [4.69, 9.17) is 8.94 Å². The van der Waals surface area contributed by atoms with Crippen molar-refractivity contribution in [1.29, 1.82) is 0 Å². The first-order chi connectivity index (χ1) is 11.1. The maximum Gasteiger partial charge on any atom is 0.238 e. The Hall–Kier alpha value is -2.15. The number of amides is 1. The zero-order valence-corrected chi connectivity index (χ0v) is 13.5. The topological polar surface area (TPSA) is 101 Å². The molecule has 126 valence electrons. The number of aromatic nitrogens is 2. The Kier molecular flexibility index (Phi) is 6.34. The summed E-state index contributed by atoms with van der Waals surface area (Å²) in [6.45, 7) is 4.00. The average molecular weight is 321 g/mol. The normalized spacial score (nSPS) is 13.7. The van der Waals surface area contributed by atoms with Gasteiger partial charge in [0.05, 0.1) is 18.9 Å². The molecule has 0 saturated heterocycles. The van der Waals surface area contributed by atoms with Crippen molar-refractivity contribution >= 4 is 5.91 Å². The van der Waals surface area contributed by atoms with Crippen LogP contribution in [0.3, 0.4) is 0 Å². The van der Waals surface area contributed by atoms with Crippen molar-refractivity contribution in [3.63, 3.8) is 0 Å². The zero-order valence-electron chi connectivity index (χ0n) is 13.5. The summed E-state index contributed by atoms with van der Waals surface area (Å²) in [6.07, 6.45) is 3.93. The van der Waals surface area contributed by atoms with E-state index in [-0.39, 0.29) is 24.5 Å². The lowest BCUT2D eigenvalue weighted by atomic mass is 10.00. The minimum absolute atomic E-state index is 0.0447. The number of hydrogen-bond donors (Lipinski definition) is 2. The van der Waals surface area contributed by atoms with Gasteiger partial charge in [-0.1, -0.05) is 25.4 Å². The first-order valence-corrected chi connectivity index (χ1v) is 7.90.